The first-order valence-corrected chi connectivity index (χ1v) is 25.2. The molecule has 3 rings (SSSR count). The van der Waals surface area contributed by atoms with Crippen LogP contribution in [0.4, 0.5) is 0 Å². The molecule has 12 heteroatoms. The van der Waals surface area contributed by atoms with Crippen molar-refractivity contribution >= 4 is 62.6 Å². The van der Waals surface area contributed by atoms with E-state index >= 15 is 0 Å². The summed E-state index contributed by atoms with van der Waals surface area (Å²) >= 11 is 15.0. The number of thiocarbonyl (C=S) groups is 2. The second kappa shape index (κ2) is 30.8. The summed E-state index contributed by atoms with van der Waals surface area (Å²) in [5, 5.41) is 0. The van der Waals surface area contributed by atoms with Gasteiger partial charge in [-0.3, -0.25) is 4.79 Å². The molecule has 320 valence electrons. The molecule has 3 aliphatic rings. The standard InChI is InChI=1S/C43H78N2O6S4/c1-5-9-23-44(24-10-6-2)42(52)54-31-18-17-30-51-50-29-16-14-13-15-27-47-34-49-40-38-33-37(35-21-19-22-36(35)38)39(40)41(46)48-28-20-32-55-43(53)45(25-11-7-3)26-12-8-4/h35-40H,5-34H2,1-4H3. The molecule has 6 unspecified atom stereocenters. The molecule has 0 N–H and O–H groups in total. The molecule has 0 heterocycles. The Hall–Kier alpha value is -0.210. The number of ether oxygens (including phenoxy) is 3. The molecule has 0 spiro atoms. The van der Waals surface area contributed by atoms with Crippen molar-refractivity contribution in [3.05, 3.63) is 0 Å². The van der Waals surface area contributed by atoms with Crippen molar-refractivity contribution in [2.24, 2.45) is 29.6 Å². The molecule has 0 aromatic carbocycles. The summed E-state index contributed by atoms with van der Waals surface area (Å²) in [5.41, 5.74) is 0. The average molecular weight is 847 g/mol. The average Bonchev–Trinajstić information content (AvgIpc) is 3.91. The first-order valence-electron chi connectivity index (χ1n) is 22.4. The third-order valence-corrected chi connectivity index (χ3v) is 14.9. The molecule has 3 fully saturated rings. The van der Waals surface area contributed by atoms with Crippen molar-refractivity contribution in [1.29, 1.82) is 0 Å². The number of rotatable bonds is 33. The highest BCUT2D eigenvalue weighted by molar-refractivity contribution is 8.23. The van der Waals surface area contributed by atoms with Crippen LogP contribution in [-0.4, -0.2) is 101 Å². The van der Waals surface area contributed by atoms with E-state index in [1.54, 1.807) is 11.8 Å². The topological polar surface area (TPSA) is 69.7 Å². The molecule has 3 aliphatic carbocycles. The van der Waals surface area contributed by atoms with E-state index in [-0.39, 0.29) is 24.8 Å². The van der Waals surface area contributed by atoms with Gasteiger partial charge in [0.25, 0.3) is 0 Å². The minimum absolute atomic E-state index is 0.0554. The molecular formula is C43H78N2O6S4. The highest BCUT2D eigenvalue weighted by atomic mass is 32.2. The number of nitrogens with zero attached hydrogens (tertiary/aromatic N) is 2. The van der Waals surface area contributed by atoms with Crippen molar-refractivity contribution in [2.45, 2.75) is 156 Å². The number of hydrogen-bond acceptors (Lipinski definition) is 10. The molecule has 0 aliphatic heterocycles. The maximum atomic E-state index is 13.5. The van der Waals surface area contributed by atoms with Crippen LogP contribution in [0.15, 0.2) is 0 Å². The summed E-state index contributed by atoms with van der Waals surface area (Å²) in [7, 11) is 0. The van der Waals surface area contributed by atoms with Crippen LogP contribution in [0.2, 0.25) is 0 Å². The van der Waals surface area contributed by atoms with E-state index < -0.39 is 0 Å². The lowest BCUT2D eigenvalue weighted by atomic mass is 9.74. The fourth-order valence-electron chi connectivity index (χ4n) is 8.68. The highest BCUT2D eigenvalue weighted by Crippen LogP contribution is 2.62. The van der Waals surface area contributed by atoms with Gasteiger partial charge >= 0.3 is 5.97 Å². The maximum absolute atomic E-state index is 13.5. The molecule has 0 aromatic heterocycles. The summed E-state index contributed by atoms with van der Waals surface area (Å²) in [6, 6.07) is 0. The predicted octanol–water partition coefficient (Wildman–Crippen LogP) is 11.1. The third-order valence-electron chi connectivity index (χ3n) is 11.7. The Kier molecular flexibility index (Phi) is 27.5. The van der Waals surface area contributed by atoms with Crippen LogP contribution in [0.5, 0.6) is 0 Å². The van der Waals surface area contributed by atoms with Gasteiger partial charge in [-0.1, -0.05) is 121 Å². The zero-order valence-corrected chi connectivity index (χ0v) is 38.4. The van der Waals surface area contributed by atoms with Crippen LogP contribution in [-0.2, 0) is 28.8 Å². The quantitative estimate of drug-likeness (QED) is 0.0158. The van der Waals surface area contributed by atoms with Gasteiger partial charge in [0.1, 0.15) is 15.4 Å². The summed E-state index contributed by atoms with van der Waals surface area (Å²) in [4.78, 5) is 29.1. The molecule has 0 amide bonds. The molecule has 2 bridgehead atoms. The van der Waals surface area contributed by atoms with Gasteiger partial charge in [-0.25, -0.2) is 9.78 Å². The monoisotopic (exact) mass is 846 g/mol. The van der Waals surface area contributed by atoms with Crippen molar-refractivity contribution in [1.82, 2.24) is 9.80 Å². The number of hydrogen-bond donors (Lipinski definition) is 0. The van der Waals surface area contributed by atoms with Crippen LogP contribution in [0.1, 0.15) is 150 Å². The van der Waals surface area contributed by atoms with Crippen molar-refractivity contribution in [3.8, 4) is 0 Å². The van der Waals surface area contributed by atoms with Gasteiger partial charge in [-0.15, -0.1) is 0 Å². The molecule has 6 atom stereocenters. The van der Waals surface area contributed by atoms with Crippen LogP contribution in [0.25, 0.3) is 0 Å². The minimum atomic E-state index is -0.152. The van der Waals surface area contributed by atoms with E-state index in [4.69, 9.17) is 48.4 Å². The van der Waals surface area contributed by atoms with E-state index in [1.807, 2.05) is 11.8 Å². The van der Waals surface area contributed by atoms with Crippen molar-refractivity contribution in [3.63, 3.8) is 0 Å². The third kappa shape index (κ3) is 18.3. The fraction of sp³-hybridized carbons (Fsp3) is 0.930. The Balaban J connectivity index is 1.20. The largest absolute Gasteiger partial charge is 0.465 e. The number of fused-ring (bicyclic) bond motifs is 5. The van der Waals surface area contributed by atoms with Gasteiger partial charge in [0.2, 0.25) is 0 Å². The van der Waals surface area contributed by atoms with Crippen molar-refractivity contribution in [2.75, 3.05) is 70.9 Å². The smallest absolute Gasteiger partial charge is 0.311 e. The Morgan fingerprint density at radius 1 is 0.600 bits per heavy atom. The zero-order valence-electron chi connectivity index (χ0n) is 35.2. The lowest BCUT2D eigenvalue weighted by Crippen LogP contribution is -2.43. The minimum Gasteiger partial charge on any atom is -0.465 e. The van der Waals surface area contributed by atoms with Crippen LogP contribution in [0, 0.1) is 29.6 Å². The molecule has 8 nitrogen and oxygen atoms in total. The summed E-state index contributed by atoms with van der Waals surface area (Å²) in [6.45, 7) is 15.8. The van der Waals surface area contributed by atoms with Gasteiger partial charge in [0.15, 0.2) is 0 Å². The Morgan fingerprint density at radius 3 is 1.67 bits per heavy atom. The summed E-state index contributed by atoms with van der Waals surface area (Å²) in [6.07, 6.45) is 21.4. The van der Waals surface area contributed by atoms with Crippen LogP contribution >= 0.6 is 48.0 Å². The molecule has 3 saturated carbocycles. The first-order chi connectivity index (χ1) is 27.0. The Bertz CT molecular complexity index is 1030. The predicted molar refractivity (Wildman–Crippen MR) is 240 cm³/mol. The Labute approximate surface area is 355 Å². The van der Waals surface area contributed by atoms with Gasteiger partial charge in [-0.05, 0) is 101 Å². The van der Waals surface area contributed by atoms with E-state index in [0.29, 0.717) is 50.1 Å². The van der Waals surface area contributed by atoms with Gasteiger partial charge in [-0.2, -0.15) is 0 Å². The van der Waals surface area contributed by atoms with Crippen LogP contribution in [0.3, 0.4) is 0 Å². The van der Waals surface area contributed by atoms with Gasteiger partial charge in [0.05, 0.1) is 31.8 Å². The second-order valence-corrected chi connectivity index (χ2v) is 19.4. The first kappa shape index (κ1) is 49.2. The number of carbonyl (C=O) groups is 1. The second-order valence-electron chi connectivity index (χ2n) is 15.9. The normalized spacial score (nSPS) is 22.6. The van der Waals surface area contributed by atoms with E-state index in [2.05, 4.69) is 37.5 Å². The zero-order chi connectivity index (χ0) is 39.5. The molecule has 0 saturated heterocycles. The molecular weight excluding hydrogens is 769 g/mol. The van der Waals surface area contributed by atoms with Crippen molar-refractivity contribution < 1.29 is 28.8 Å². The highest BCUT2D eigenvalue weighted by Gasteiger charge is 2.62. The van der Waals surface area contributed by atoms with Crippen LogP contribution < -0.4 is 0 Å². The Morgan fingerprint density at radius 2 is 1.11 bits per heavy atom. The van der Waals surface area contributed by atoms with Gasteiger partial charge < -0.3 is 24.0 Å². The molecule has 0 aromatic rings. The lowest BCUT2D eigenvalue weighted by Gasteiger charge is -2.36. The fourth-order valence-corrected chi connectivity index (χ4v) is 11.2. The molecule has 0 radical (unpaired) electrons. The number of esters is 1. The van der Waals surface area contributed by atoms with E-state index in [1.165, 1.54) is 70.6 Å². The van der Waals surface area contributed by atoms with E-state index in [0.717, 1.165) is 97.7 Å². The molecule has 55 heavy (non-hydrogen) atoms. The number of unbranched alkanes of at least 4 members (excludes halogenated alkanes) is 8. The maximum Gasteiger partial charge on any atom is 0.311 e. The lowest BCUT2D eigenvalue weighted by molar-refractivity contribution is -0.295. The SMILES string of the molecule is CCCCN(CCCC)C(=S)SCCCCOOCCCCCCOCOC1C2CC(C3CCCC32)C1C(=O)OCCCSC(=S)N(CCCC)CCCC. The summed E-state index contributed by atoms with van der Waals surface area (Å²) in [5.74, 6) is 3.94. The summed E-state index contributed by atoms with van der Waals surface area (Å²) < 4.78 is 20.3. The number of carbonyl (C=O) groups excluding carboxylic acids is 1. The number of thioether (sulfide) groups is 2. The van der Waals surface area contributed by atoms with Gasteiger partial charge in [0, 0.05) is 44.3 Å². The van der Waals surface area contributed by atoms with E-state index in [9.17, 15) is 4.79 Å².